The molecule has 2 bridgehead atoms. The van der Waals surface area contributed by atoms with Crippen LogP contribution in [0.4, 0.5) is 0 Å². The Kier molecular flexibility index (Phi) is 6.33. The highest BCUT2D eigenvalue weighted by Crippen LogP contribution is 2.60. The van der Waals surface area contributed by atoms with E-state index in [1.807, 2.05) is 19.9 Å². The van der Waals surface area contributed by atoms with Gasteiger partial charge in [0.15, 0.2) is 0 Å². The first-order chi connectivity index (χ1) is 13.6. The van der Waals surface area contributed by atoms with Crippen molar-refractivity contribution < 1.29 is 19.1 Å². The van der Waals surface area contributed by atoms with Gasteiger partial charge in [0.05, 0.1) is 19.0 Å². The number of esters is 1. The van der Waals surface area contributed by atoms with Crippen LogP contribution in [-0.4, -0.2) is 24.5 Å². The summed E-state index contributed by atoms with van der Waals surface area (Å²) in [6, 6.07) is 0. The van der Waals surface area contributed by atoms with Gasteiger partial charge in [-0.2, -0.15) is 0 Å². The third kappa shape index (κ3) is 4.48. The van der Waals surface area contributed by atoms with Crippen LogP contribution in [0.1, 0.15) is 60.3 Å². The summed E-state index contributed by atoms with van der Waals surface area (Å²) in [7, 11) is 0. The summed E-state index contributed by atoms with van der Waals surface area (Å²) in [6.45, 7) is 14.7. The number of hydrogen-bond donors (Lipinski definition) is 0. The van der Waals surface area contributed by atoms with Gasteiger partial charge < -0.3 is 9.47 Å². The van der Waals surface area contributed by atoms with Gasteiger partial charge in [0.25, 0.3) is 0 Å². The predicted octanol–water partition coefficient (Wildman–Crippen LogP) is 5.31. The molecule has 0 aromatic heterocycles. The molecule has 3 rings (SSSR count). The third-order valence-electron chi connectivity index (χ3n) is 6.86. The Hall–Kier alpha value is -1.94. The first-order valence-corrected chi connectivity index (χ1v) is 10.6. The zero-order valence-corrected chi connectivity index (χ0v) is 18.4. The van der Waals surface area contributed by atoms with E-state index in [4.69, 9.17) is 9.47 Å². The minimum absolute atomic E-state index is 0.0671. The standard InChI is InChI=1S/C25H34O4/c1-15(2)11-23(27)28-10-8-21-24-20(14-29-22(24)12-17(5)26)19-13-25(21,6)9-7-18(19)16(3)4/h8,10-11,18-19,21-22H,3,7,9,12-14H2,1-2,4-6H3/b10-8+/t18-,19+,21-,22-,25-/m1/s1. The molecule has 0 aromatic carbocycles. The Morgan fingerprint density at radius 3 is 2.62 bits per heavy atom. The van der Waals surface area contributed by atoms with Crippen LogP contribution < -0.4 is 0 Å². The summed E-state index contributed by atoms with van der Waals surface area (Å²) in [6.07, 6.45) is 8.56. The van der Waals surface area contributed by atoms with Crippen molar-refractivity contribution in [3.8, 4) is 0 Å². The summed E-state index contributed by atoms with van der Waals surface area (Å²) < 4.78 is 11.4. The first-order valence-electron chi connectivity index (χ1n) is 10.6. The monoisotopic (exact) mass is 398 g/mol. The number of Topliss-reactive ketones (excluding diaryl/α,β-unsaturated/α-hetero) is 1. The van der Waals surface area contributed by atoms with Gasteiger partial charge in [-0.15, -0.1) is 0 Å². The Bertz CT molecular complexity index is 796. The summed E-state index contributed by atoms with van der Waals surface area (Å²) in [5, 5.41) is 0. The molecule has 1 aliphatic heterocycles. The van der Waals surface area contributed by atoms with Crippen LogP contribution in [0.2, 0.25) is 0 Å². The Labute approximate surface area is 174 Å². The van der Waals surface area contributed by atoms with Crippen LogP contribution in [-0.2, 0) is 19.1 Å². The maximum absolute atomic E-state index is 11.9. The van der Waals surface area contributed by atoms with Gasteiger partial charge in [-0.25, -0.2) is 4.79 Å². The largest absolute Gasteiger partial charge is 0.432 e. The SMILES string of the molecule is C=C(C)[C@H]1CC[C@]2(C)C[C@@H]1C1=C([C@H]2/C=C/OC(=O)C=C(C)C)[C@@H](CC(C)=O)OC1. The lowest BCUT2D eigenvalue weighted by atomic mass is 9.52. The van der Waals surface area contributed by atoms with Crippen molar-refractivity contribution in [2.75, 3.05) is 6.61 Å². The number of carbonyl (C=O) groups excluding carboxylic acids is 2. The van der Waals surface area contributed by atoms with E-state index < -0.39 is 0 Å². The van der Waals surface area contributed by atoms with Gasteiger partial charge in [-0.05, 0) is 81.4 Å². The second kappa shape index (κ2) is 8.43. The van der Waals surface area contributed by atoms with E-state index in [2.05, 4.69) is 20.4 Å². The maximum atomic E-state index is 11.9. The maximum Gasteiger partial charge on any atom is 0.335 e. The fraction of sp³-hybridized carbons (Fsp3) is 0.600. The van der Waals surface area contributed by atoms with Crippen molar-refractivity contribution in [3.05, 3.63) is 47.3 Å². The van der Waals surface area contributed by atoms with Crippen LogP contribution in [0, 0.1) is 23.2 Å². The number of hydrogen-bond acceptors (Lipinski definition) is 4. The average Bonchev–Trinajstić information content (AvgIpc) is 2.99. The smallest absolute Gasteiger partial charge is 0.335 e. The minimum atomic E-state index is -0.358. The van der Waals surface area contributed by atoms with Gasteiger partial charge in [-0.3, -0.25) is 4.79 Å². The number of rotatable bonds is 6. The number of ketones is 1. The van der Waals surface area contributed by atoms with Gasteiger partial charge in [-0.1, -0.05) is 24.6 Å². The van der Waals surface area contributed by atoms with E-state index in [0.717, 1.165) is 24.8 Å². The lowest BCUT2D eigenvalue weighted by molar-refractivity contribution is -0.132. The van der Waals surface area contributed by atoms with Crippen molar-refractivity contribution >= 4 is 11.8 Å². The molecule has 0 radical (unpaired) electrons. The Balaban J connectivity index is 1.96. The average molecular weight is 399 g/mol. The summed E-state index contributed by atoms with van der Waals surface area (Å²) >= 11 is 0. The predicted molar refractivity (Wildman–Crippen MR) is 114 cm³/mol. The Morgan fingerprint density at radius 2 is 2.00 bits per heavy atom. The zero-order valence-electron chi connectivity index (χ0n) is 18.4. The first kappa shape index (κ1) is 21.8. The zero-order chi connectivity index (χ0) is 21.3. The van der Waals surface area contributed by atoms with Crippen LogP contribution in [0.25, 0.3) is 0 Å². The molecule has 0 saturated heterocycles. The molecule has 3 aliphatic rings. The molecule has 0 spiro atoms. The molecular formula is C25H34O4. The van der Waals surface area contributed by atoms with Crippen LogP contribution >= 0.6 is 0 Å². The molecule has 1 fully saturated rings. The van der Waals surface area contributed by atoms with Gasteiger partial charge in [0, 0.05) is 18.4 Å². The summed E-state index contributed by atoms with van der Waals surface area (Å²) in [5.41, 5.74) is 4.82. The van der Waals surface area contributed by atoms with Crippen molar-refractivity contribution in [1.29, 1.82) is 0 Å². The second-order valence-electron chi connectivity index (χ2n) is 9.61. The van der Waals surface area contributed by atoms with Crippen molar-refractivity contribution in [3.63, 3.8) is 0 Å². The summed E-state index contributed by atoms with van der Waals surface area (Å²) in [5.74, 6) is 0.817. The molecule has 5 atom stereocenters. The molecule has 1 heterocycles. The molecule has 158 valence electrons. The number of carbonyl (C=O) groups is 2. The normalized spacial score (nSPS) is 33.4. The molecule has 4 nitrogen and oxygen atoms in total. The van der Waals surface area contributed by atoms with Crippen molar-refractivity contribution in [2.24, 2.45) is 23.2 Å². The highest BCUT2D eigenvalue weighted by molar-refractivity contribution is 5.83. The summed E-state index contributed by atoms with van der Waals surface area (Å²) in [4.78, 5) is 23.8. The fourth-order valence-electron chi connectivity index (χ4n) is 5.56. The fourth-order valence-corrected chi connectivity index (χ4v) is 5.56. The van der Waals surface area contributed by atoms with Gasteiger partial charge in [0.2, 0.25) is 0 Å². The number of ether oxygens (including phenoxy) is 2. The molecule has 0 amide bonds. The quantitative estimate of drug-likeness (QED) is 0.263. The highest BCUT2D eigenvalue weighted by Gasteiger charge is 2.52. The van der Waals surface area contributed by atoms with Gasteiger partial charge in [0.1, 0.15) is 5.78 Å². The number of allylic oxidation sites excluding steroid dienone is 3. The van der Waals surface area contributed by atoms with Gasteiger partial charge >= 0.3 is 5.97 Å². The molecule has 0 aromatic rings. The molecule has 4 heteroatoms. The van der Waals surface area contributed by atoms with Crippen LogP contribution in [0.5, 0.6) is 0 Å². The van der Waals surface area contributed by atoms with Crippen molar-refractivity contribution in [1.82, 2.24) is 0 Å². The van der Waals surface area contributed by atoms with E-state index in [-0.39, 0.29) is 29.2 Å². The van der Waals surface area contributed by atoms with E-state index in [1.54, 1.807) is 6.92 Å². The molecule has 2 aliphatic carbocycles. The van der Waals surface area contributed by atoms with E-state index >= 15 is 0 Å². The Morgan fingerprint density at radius 1 is 1.28 bits per heavy atom. The number of fused-ring (bicyclic) bond motifs is 3. The lowest BCUT2D eigenvalue weighted by Crippen LogP contribution is -2.44. The van der Waals surface area contributed by atoms with E-state index in [9.17, 15) is 9.59 Å². The minimum Gasteiger partial charge on any atom is -0.432 e. The lowest BCUT2D eigenvalue weighted by Gasteiger charge is -2.52. The molecule has 1 saturated carbocycles. The van der Waals surface area contributed by atoms with Crippen LogP contribution in [0.15, 0.2) is 47.3 Å². The molecule has 0 N–H and O–H groups in total. The topological polar surface area (TPSA) is 52.6 Å². The molecule has 0 unspecified atom stereocenters. The van der Waals surface area contributed by atoms with Crippen LogP contribution in [0.3, 0.4) is 0 Å². The molecular weight excluding hydrogens is 364 g/mol. The van der Waals surface area contributed by atoms with E-state index in [1.165, 1.54) is 29.1 Å². The van der Waals surface area contributed by atoms with Crippen molar-refractivity contribution in [2.45, 2.75) is 66.4 Å². The van der Waals surface area contributed by atoms with E-state index in [0.29, 0.717) is 24.9 Å². The highest BCUT2D eigenvalue weighted by atomic mass is 16.5. The second-order valence-corrected chi connectivity index (χ2v) is 9.61. The third-order valence-corrected chi connectivity index (χ3v) is 6.86. The molecule has 29 heavy (non-hydrogen) atoms.